The molecule has 1 aromatic heterocycles. The molecule has 1 aromatic rings. The fourth-order valence-electron chi connectivity index (χ4n) is 2.07. The molecule has 1 saturated carbocycles. The van der Waals surface area contributed by atoms with E-state index in [1.807, 2.05) is 0 Å². The van der Waals surface area contributed by atoms with Gasteiger partial charge in [-0.25, -0.2) is 0 Å². The number of nitrogens with one attached hydrogen (secondary N) is 1. The second kappa shape index (κ2) is 5.19. The lowest BCUT2D eigenvalue weighted by Crippen LogP contribution is -2.36. The fourth-order valence-corrected chi connectivity index (χ4v) is 2.83. The molecule has 5 heteroatoms. The van der Waals surface area contributed by atoms with Crippen molar-refractivity contribution in [1.29, 1.82) is 5.26 Å². The van der Waals surface area contributed by atoms with E-state index < -0.39 is 0 Å². The molecule has 90 valence electrons. The van der Waals surface area contributed by atoms with Crippen molar-refractivity contribution in [3.63, 3.8) is 0 Å². The number of hydrogen-bond acceptors (Lipinski definition) is 4. The lowest BCUT2D eigenvalue weighted by atomic mass is 10.1. The van der Waals surface area contributed by atoms with Crippen molar-refractivity contribution < 1.29 is 9.53 Å². The Morgan fingerprint density at radius 2 is 2.47 bits per heavy atom. The predicted molar refractivity (Wildman–Crippen MR) is 65.1 cm³/mol. The van der Waals surface area contributed by atoms with Crippen LogP contribution in [0.5, 0.6) is 5.75 Å². The molecule has 0 saturated heterocycles. The third-order valence-corrected chi connectivity index (χ3v) is 3.94. The van der Waals surface area contributed by atoms with E-state index >= 15 is 0 Å². The first-order chi connectivity index (χ1) is 8.24. The highest BCUT2D eigenvalue weighted by Gasteiger charge is 2.28. The maximum absolute atomic E-state index is 11.9. The molecule has 1 amide bonds. The Labute approximate surface area is 104 Å². The molecule has 1 aliphatic rings. The number of nitrogens with zero attached hydrogens (tertiary/aromatic N) is 1. The van der Waals surface area contributed by atoms with E-state index in [1.54, 1.807) is 18.6 Å². The molecule has 0 aliphatic heterocycles. The molecule has 2 unspecified atom stereocenters. The van der Waals surface area contributed by atoms with Crippen LogP contribution in [0.2, 0.25) is 0 Å². The largest absolute Gasteiger partial charge is 0.496 e. The first-order valence-corrected chi connectivity index (χ1v) is 6.45. The Kier molecular flexibility index (Phi) is 3.64. The van der Waals surface area contributed by atoms with Crippen LogP contribution in [-0.4, -0.2) is 19.1 Å². The van der Waals surface area contributed by atoms with Gasteiger partial charge >= 0.3 is 0 Å². The molecule has 1 N–H and O–H groups in total. The summed E-state index contributed by atoms with van der Waals surface area (Å²) in [5, 5.41) is 13.7. The molecule has 1 aliphatic carbocycles. The van der Waals surface area contributed by atoms with Gasteiger partial charge in [0.15, 0.2) is 0 Å². The van der Waals surface area contributed by atoms with Gasteiger partial charge in [0.25, 0.3) is 5.91 Å². The average Bonchev–Trinajstić information content (AvgIpc) is 2.96. The summed E-state index contributed by atoms with van der Waals surface area (Å²) in [6.07, 6.45) is 2.79. The minimum Gasteiger partial charge on any atom is -0.496 e. The normalized spacial score (nSPS) is 23.1. The third kappa shape index (κ3) is 2.59. The van der Waals surface area contributed by atoms with E-state index in [2.05, 4.69) is 11.4 Å². The van der Waals surface area contributed by atoms with Gasteiger partial charge in [-0.2, -0.15) is 5.26 Å². The zero-order valence-electron chi connectivity index (χ0n) is 9.60. The Balaban J connectivity index is 1.99. The SMILES string of the molecule is COc1csc(C(=O)NC2CCCC2C#N)c1. The van der Waals surface area contributed by atoms with Crippen LogP contribution in [0.4, 0.5) is 0 Å². The van der Waals surface area contributed by atoms with Gasteiger partial charge in [0, 0.05) is 17.5 Å². The summed E-state index contributed by atoms with van der Waals surface area (Å²) in [5.74, 6) is 0.551. The number of carbonyl (C=O) groups is 1. The Morgan fingerprint density at radius 3 is 3.12 bits per heavy atom. The standard InChI is InChI=1S/C12H14N2O2S/c1-16-9-5-11(17-7-9)12(15)14-10-4-2-3-8(10)6-13/h5,7-8,10H,2-4H2,1H3,(H,14,15). The van der Waals surface area contributed by atoms with Gasteiger partial charge in [0.1, 0.15) is 5.75 Å². The van der Waals surface area contributed by atoms with Crippen LogP contribution < -0.4 is 10.1 Å². The molecule has 17 heavy (non-hydrogen) atoms. The van der Waals surface area contributed by atoms with Gasteiger partial charge in [0.2, 0.25) is 0 Å². The zero-order chi connectivity index (χ0) is 12.3. The molecule has 0 bridgehead atoms. The van der Waals surface area contributed by atoms with E-state index in [0.717, 1.165) is 19.3 Å². The van der Waals surface area contributed by atoms with Crippen LogP contribution in [0.15, 0.2) is 11.4 Å². The number of amides is 1. The molecule has 0 spiro atoms. The average molecular weight is 250 g/mol. The highest BCUT2D eigenvalue weighted by atomic mass is 32.1. The molecule has 0 aromatic carbocycles. The summed E-state index contributed by atoms with van der Waals surface area (Å²) >= 11 is 1.35. The highest BCUT2D eigenvalue weighted by Crippen LogP contribution is 2.26. The molecular formula is C12H14N2O2S. The van der Waals surface area contributed by atoms with E-state index in [0.29, 0.717) is 10.6 Å². The quantitative estimate of drug-likeness (QED) is 0.894. The number of nitriles is 1. The molecule has 1 heterocycles. The smallest absolute Gasteiger partial charge is 0.261 e. The fraction of sp³-hybridized carbons (Fsp3) is 0.500. The maximum Gasteiger partial charge on any atom is 0.261 e. The number of methoxy groups -OCH3 is 1. The number of ether oxygens (including phenoxy) is 1. The van der Waals surface area contributed by atoms with E-state index in [9.17, 15) is 4.79 Å². The predicted octanol–water partition coefficient (Wildman–Crippen LogP) is 2.18. The van der Waals surface area contributed by atoms with Crippen molar-refractivity contribution in [3.8, 4) is 11.8 Å². The van der Waals surface area contributed by atoms with Crippen molar-refractivity contribution in [2.45, 2.75) is 25.3 Å². The maximum atomic E-state index is 11.9. The van der Waals surface area contributed by atoms with Crippen LogP contribution in [0.25, 0.3) is 0 Å². The van der Waals surface area contributed by atoms with Gasteiger partial charge < -0.3 is 10.1 Å². The van der Waals surface area contributed by atoms with Gasteiger partial charge in [-0.1, -0.05) is 0 Å². The monoisotopic (exact) mass is 250 g/mol. The van der Waals surface area contributed by atoms with Crippen molar-refractivity contribution in [2.75, 3.05) is 7.11 Å². The van der Waals surface area contributed by atoms with Crippen molar-refractivity contribution in [2.24, 2.45) is 5.92 Å². The van der Waals surface area contributed by atoms with Crippen LogP contribution in [0.3, 0.4) is 0 Å². The minimum atomic E-state index is -0.106. The zero-order valence-corrected chi connectivity index (χ0v) is 10.4. The highest BCUT2D eigenvalue weighted by molar-refractivity contribution is 7.12. The summed E-state index contributed by atoms with van der Waals surface area (Å²) in [7, 11) is 1.58. The lowest BCUT2D eigenvalue weighted by Gasteiger charge is -2.14. The lowest BCUT2D eigenvalue weighted by molar-refractivity contribution is 0.0936. The molecular weight excluding hydrogens is 236 g/mol. The third-order valence-electron chi connectivity index (χ3n) is 3.03. The van der Waals surface area contributed by atoms with Crippen LogP contribution in [0.1, 0.15) is 28.9 Å². The van der Waals surface area contributed by atoms with Crippen LogP contribution in [0, 0.1) is 17.2 Å². The first kappa shape index (κ1) is 11.9. The number of hydrogen-bond donors (Lipinski definition) is 1. The van der Waals surface area contributed by atoms with E-state index in [1.165, 1.54) is 11.3 Å². The van der Waals surface area contributed by atoms with Crippen molar-refractivity contribution >= 4 is 17.2 Å². The number of thiophene rings is 1. The molecule has 0 radical (unpaired) electrons. The summed E-state index contributed by atoms with van der Waals surface area (Å²) in [5.41, 5.74) is 0. The van der Waals surface area contributed by atoms with Crippen molar-refractivity contribution in [3.05, 3.63) is 16.3 Å². The Hall–Kier alpha value is -1.54. The van der Waals surface area contributed by atoms with Gasteiger partial charge in [-0.05, 0) is 19.3 Å². The summed E-state index contributed by atoms with van der Waals surface area (Å²) in [6.45, 7) is 0. The topological polar surface area (TPSA) is 62.1 Å². The van der Waals surface area contributed by atoms with E-state index in [4.69, 9.17) is 10.00 Å². The second-order valence-corrected chi connectivity index (χ2v) is 5.01. The Morgan fingerprint density at radius 1 is 1.65 bits per heavy atom. The van der Waals surface area contributed by atoms with Crippen LogP contribution >= 0.6 is 11.3 Å². The Bertz CT molecular complexity index is 450. The number of carbonyl (C=O) groups excluding carboxylic acids is 1. The van der Waals surface area contributed by atoms with Gasteiger partial charge in [-0.15, -0.1) is 11.3 Å². The molecule has 2 rings (SSSR count). The second-order valence-electron chi connectivity index (χ2n) is 4.10. The van der Waals surface area contributed by atoms with Gasteiger partial charge in [0.05, 0.1) is 24.0 Å². The summed E-state index contributed by atoms with van der Waals surface area (Å²) in [4.78, 5) is 12.6. The van der Waals surface area contributed by atoms with Crippen LogP contribution in [-0.2, 0) is 0 Å². The van der Waals surface area contributed by atoms with Crippen molar-refractivity contribution in [1.82, 2.24) is 5.32 Å². The first-order valence-electron chi connectivity index (χ1n) is 5.57. The summed E-state index contributed by atoms with van der Waals surface area (Å²) < 4.78 is 5.04. The van der Waals surface area contributed by atoms with E-state index in [-0.39, 0.29) is 17.9 Å². The van der Waals surface area contributed by atoms with Gasteiger partial charge in [-0.3, -0.25) is 4.79 Å². The number of rotatable bonds is 3. The molecule has 2 atom stereocenters. The minimum absolute atomic E-state index is 0.000551. The molecule has 1 fully saturated rings. The summed E-state index contributed by atoms with van der Waals surface area (Å²) in [6, 6.07) is 3.97. The molecule has 4 nitrogen and oxygen atoms in total.